The summed E-state index contributed by atoms with van der Waals surface area (Å²) in [5.74, 6) is 2.33. The number of aliphatic hydroxyl groups is 1. The Balaban J connectivity index is 1.16. The van der Waals surface area contributed by atoms with Gasteiger partial charge in [0.05, 0.1) is 18.8 Å². The van der Waals surface area contributed by atoms with Gasteiger partial charge in [-0.3, -0.25) is 9.80 Å². The van der Waals surface area contributed by atoms with E-state index < -0.39 is 6.10 Å². The molecule has 0 bridgehead atoms. The maximum atomic E-state index is 10.3. The van der Waals surface area contributed by atoms with Crippen molar-refractivity contribution >= 4 is 0 Å². The molecule has 0 aromatic heterocycles. The van der Waals surface area contributed by atoms with Crippen molar-refractivity contribution in [2.75, 3.05) is 46.1 Å². The minimum Gasteiger partial charge on any atom is -0.454 e. The molecule has 1 aromatic carbocycles. The number of hydrogen-bond acceptors (Lipinski definition) is 6. The van der Waals surface area contributed by atoms with Crippen LogP contribution in [0.25, 0.3) is 0 Å². The van der Waals surface area contributed by atoms with Crippen LogP contribution < -0.4 is 9.47 Å². The molecule has 2 fully saturated rings. The number of nitrogens with zero attached hydrogens (tertiary/aromatic N) is 2. The lowest BCUT2D eigenvalue weighted by molar-refractivity contribution is -0.0358. The Morgan fingerprint density at radius 2 is 1.89 bits per heavy atom. The smallest absolute Gasteiger partial charge is 0.231 e. The summed E-state index contributed by atoms with van der Waals surface area (Å²) in [5.41, 5.74) is 1.26. The summed E-state index contributed by atoms with van der Waals surface area (Å²) in [6, 6.07) is 6.19. The van der Waals surface area contributed by atoms with Gasteiger partial charge < -0.3 is 19.3 Å². The van der Waals surface area contributed by atoms with Gasteiger partial charge in [-0.25, -0.2) is 0 Å². The lowest BCUT2D eigenvalue weighted by Gasteiger charge is -2.35. The van der Waals surface area contributed by atoms with Crippen molar-refractivity contribution < 1.29 is 19.3 Å². The van der Waals surface area contributed by atoms with E-state index in [0.717, 1.165) is 50.6 Å². The van der Waals surface area contributed by atoms with Crippen molar-refractivity contribution in [3.8, 4) is 11.5 Å². The maximum absolute atomic E-state index is 10.3. The van der Waals surface area contributed by atoms with Crippen LogP contribution in [0.1, 0.15) is 31.7 Å². The third-order valence-corrected chi connectivity index (χ3v) is 6.06. The molecule has 2 aliphatic heterocycles. The number of aliphatic hydroxyl groups excluding tert-OH is 1. The Labute approximate surface area is 162 Å². The lowest BCUT2D eigenvalue weighted by atomic mass is 10.1. The van der Waals surface area contributed by atoms with Gasteiger partial charge in [0, 0.05) is 39.3 Å². The molecule has 27 heavy (non-hydrogen) atoms. The van der Waals surface area contributed by atoms with Gasteiger partial charge in [-0.15, -0.1) is 0 Å². The lowest BCUT2D eigenvalue weighted by Crippen LogP contribution is -2.48. The molecule has 1 aromatic rings. The summed E-state index contributed by atoms with van der Waals surface area (Å²) >= 11 is 0. The molecule has 1 N–H and O–H groups in total. The van der Waals surface area contributed by atoms with Crippen molar-refractivity contribution in [3.05, 3.63) is 23.8 Å². The number of piperazine rings is 1. The van der Waals surface area contributed by atoms with Crippen molar-refractivity contribution in [1.29, 1.82) is 0 Å². The molecule has 0 unspecified atom stereocenters. The third kappa shape index (κ3) is 4.93. The molecule has 6 heteroatoms. The van der Waals surface area contributed by atoms with E-state index in [4.69, 9.17) is 14.2 Å². The normalized spacial score (nSPS) is 27.2. The molecule has 1 saturated carbocycles. The molecular formula is C21H32N2O4. The number of benzene rings is 1. The fourth-order valence-corrected chi connectivity index (χ4v) is 4.37. The van der Waals surface area contributed by atoms with Crippen LogP contribution in [0.3, 0.4) is 0 Å². The molecule has 150 valence electrons. The molecular weight excluding hydrogens is 344 g/mol. The zero-order valence-electron chi connectivity index (χ0n) is 16.3. The summed E-state index contributed by atoms with van der Waals surface area (Å²) in [5, 5.41) is 10.3. The summed E-state index contributed by atoms with van der Waals surface area (Å²) in [7, 11) is 0. The van der Waals surface area contributed by atoms with E-state index in [2.05, 4.69) is 28.9 Å². The van der Waals surface area contributed by atoms with Crippen LogP contribution in [0.2, 0.25) is 0 Å². The largest absolute Gasteiger partial charge is 0.454 e. The van der Waals surface area contributed by atoms with E-state index in [-0.39, 0.29) is 0 Å². The molecule has 0 radical (unpaired) electrons. The molecule has 0 amide bonds. The fraction of sp³-hybridized carbons (Fsp3) is 0.714. The van der Waals surface area contributed by atoms with Gasteiger partial charge >= 0.3 is 0 Å². The first-order valence-electron chi connectivity index (χ1n) is 10.3. The number of hydrogen-bond donors (Lipinski definition) is 1. The number of fused-ring (bicyclic) bond motifs is 1. The van der Waals surface area contributed by atoms with E-state index in [1.165, 1.54) is 18.4 Å². The van der Waals surface area contributed by atoms with Gasteiger partial charge in [-0.05, 0) is 36.5 Å². The Hall–Kier alpha value is -1.34. The average Bonchev–Trinajstić information content (AvgIpc) is 3.30. The third-order valence-electron chi connectivity index (χ3n) is 6.06. The second-order valence-corrected chi connectivity index (χ2v) is 8.20. The monoisotopic (exact) mass is 376 g/mol. The second-order valence-electron chi connectivity index (χ2n) is 8.20. The zero-order valence-corrected chi connectivity index (χ0v) is 16.3. The Bertz CT molecular complexity index is 618. The van der Waals surface area contributed by atoms with E-state index >= 15 is 0 Å². The minimum atomic E-state index is -0.391. The van der Waals surface area contributed by atoms with Crippen molar-refractivity contribution in [1.82, 2.24) is 9.80 Å². The highest BCUT2D eigenvalue weighted by Crippen LogP contribution is 2.33. The highest BCUT2D eigenvalue weighted by atomic mass is 16.7. The van der Waals surface area contributed by atoms with Crippen LogP contribution >= 0.6 is 0 Å². The minimum absolute atomic E-state index is 0.323. The van der Waals surface area contributed by atoms with E-state index in [0.29, 0.717) is 32.0 Å². The first kappa shape index (κ1) is 19.0. The fourth-order valence-electron chi connectivity index (χ4n) is 4.37. The van der Waals surface area contributed by atoms with E-state index in [1.54, 1.807) is 0 Å². The number of ether oxygens (including phenoxy) is 3. The zero-order chi connectivity index (χ0) is 18.6. The van der Waals surface area contributed by atoms with Crippen LogP contribution in [0.5, 0.6) is 11.5 Å². The number of β-amino-alcohol motifs (C(OH)–C–C–N with tert-alkyl or cyclic N) is 1. The van der Waals surface area contributed by atoms with E-state index in [1.807, 2.05) is 6.07 Å². The second kappa shape index (κ2) is 8.78. The standard InChI is InChI=1S/C21H32N2O4/c1-16-3-2-4-19(16)25-14-18(24)13-23-9-7-22(8-10-23)12-17-5-6-20-21(11-17)27-15-26-20/h5-6,11,16,18-19,24H,2-4,7-10,12-15H2,1H3/t16-,18+,19+/m1/s1. The van der Waals surface area contributed by atoms with Crippen LogP contribution in [0.15, 0.2) is 18.2 Å². The molecule has 1 aliphatic carbocycles. The molecule has 3 atom stereocenters. The van der Waals surface area contributed by atoms with Crippen molar-refractivity contribution in [3.63, 3.8) is 0 Å². The topological polar surface area (TPSA) is 54.4 Å². The first-order chi connectivity index (χ1) is 13.2. The van der Waals surface area contributed by atoms with Crippen LogP contribution in [0.4, 0.5) is 0 Å². The first-order valence-corrected chi connectivity index (χ1v) is 10.3. The van der Waals surface area contributed by atoms with Crippen LogP contribution in [-0.4, -0.2) is 73.2 Å². The number of rotatable bonds is 7. The predicted molar refractivity (Wildman–Crippen MR) is 103 cm³/mol. The quantitative estimate of drug-likeness (QED) is 0.787. The molecule has 2 heterocycles. The van der Waals surface area contributed by atoms with Crippen molar-refractivity contribution in [2.24, 2.45) is 5.92 Å². The van der Waals surface area contributed by atoms with Gasteiger partial charge in [0.1, 0.15) is 0 Å². The van der Waals surface area contributed by atoms with Crippen molar-refractivity contribution in [2.45, 2.75) is 44.9 Å². The van der Waals surface area contributed by atoms with E-state index in [9.17, 15) is 5.11 Å². The molecule has 6 nitrogen and oxygen atoms in total. The van der Waals surface area contributed by atoms with Gasteiger partial charge in [-0.1, -0.05) is 19.4 Å². The summed E-state index contributed by atoms with van der Waals surface area (Å²) in [6.07, 6.45) is 3.61. The Morgan fingerprint density at radius 1 is 1.11 bits per heavy atom. The van der Waals surface area contributed by atoms with Gasteiger partial charge in [-0.2, -0.15) is 0 Å². The Kier molecular flexibility index (Phi) is 6.18. The highest BCUT2D eigenvalue weighted by Gasteiger charge is 2.26. The van der Waals surface area contributed by atoms with Crippen LogP contribution in [-0.2, 0) is 11.3 Å². The van der Waals surface area contributed by atoms with Gasteiger partial charge in [0.15, 0.2) is 11.5 Å². The summed E-state index contributed by atoms with van der Waals surface area (Å²) in [4.78, 5) is 4.80. The average molecular weight is 376 g/mol. The Morgan fingerprint density at radius 3 is 2.67 bits per heavy atom. The highest BCUT2D eigenvalue weighted by molar-refractivity contribution is 5.44. The summed E-state index contributed by atoms with van der Waals surface area (Å²) in [6.45, 7) is 8.68. The van der Waals surface area contributed by atoms with Gasteiger partial charge in [0.25, 0.3) is 0 Å². The maximum Gasteiger partial charge on any atom is 0.231 e. The SMILES string of the molecule is C[C@@H]1CCC[C@@H]1OC[C@@H](O)CN1CCN(Cc2ccc3c(c2)OCO3)CC1. The molecule has 0 spiro atoms. The summed E-state index contributed by atoms with van der Waals surface area (Å²) < 4.78 is 16.8. The van der Waals surface area contributed by atoms with Crippen LogP contribution in [0, 0.1) is 5.92 Å². The predicted octanol–water partition coefficient (Wildman–Crippen LogP) is 2.10. The van der Waals surface area contributed by atoms with Gasteiger partial charge in [0.2, 0.25) is 6.79 Å². The molecule has 4 rings (SSSR count). The molecule has 1 saturated heterocycles. The molecule has 3 aliphatic rings.